The van der Waals surface area contributed by atoms with E-state index in [0.717, 1.165) is 67.5 Å². The van der Waals surface area contributed by atoms with Gasteiger partial charge in [0.05, 0.1) is 6.04 Å². The number of pyridine rings is 1. The standard InChI is InChI=1S/C30H36N6O/c1-20-16-24-19-26(30(37)31-27(24)17-21(20)2)28(29-32-33-34-36(29)25-10-6-7-11-25)35-14-12-23(13-15-35)18-22-8-4-3-5-9-22/h3-5,8-9,16-17,19,23,25,28H,6-7,10-15,18H2,1-2H3,(H,31,37)/t28-/m0/s1. The second-order valence-electron chi connectivity index (χ2n) is 11.1. The number of hydrogen-bond donors (Lipinski definition) is 1. The molecule has 1 atom stereocenters. The average Bonchev–Trinajstić information content (AvgIpc) is 3.60. The van der Waals surface area contributed by atoms with E-state index in [4.69, 9.17) is 0 Å². The van der Waals surface area contributed by atoms with Gasteiger partial charge in [0.15, 0.2) is 5.82 Å². The normalized spacial score (nSPS) is 18.5. The van der Waals surface area contributed by atoms with Gasteiger partial charge in [-0.1, -0.05) is 43.2 Å². The molecule has 0 bridgehead atoms. The molecule has 0 amide bonds. The molecule has 0 unspecified atom stereocenters. The molecule has 192 valence electrons. The number of rotatable bonds is 6. The monoisotopic (exact) mass is 496 g/mol. The zero-order valence-corrected chi connectivity index (χ0v) is 21.9. The lowest BCUT2D eigenvalue weighted by Crippen LogP contribution is -2.41. The summed E-state index contributed by atoms with van der Waals surface area (Å²) in [5, 5.41) is 14.2. The summed E-state index contributed by atoms with van der Waals surface area (Å²) in [6.45, 7) is 6.04. The SMILES string of the molecule is Cc1cc2cc([C@@H](c3nnnn3C3CCCC3)N3CCC(Cc4ccccc4)CC3)c(=O)[nH]c2cc1C. The minimum absolute atomic E-state index is 0.0480. The summed E-state index contributed by atoms with van der Waals surface area (Å²) in [4.78, 5) is 19.2. The van der Waals surface area contributed by atoms with Crippen LogP contribution in [0.15, 0.2) is 53.3 Å². The summed E-state index contributed by atoms with van der Waals surface area (Å²) in [7, 11) is 0. The number of nitrogens with one attached hydrogen (secondary N) is 1. The zero-order chi connectivity index (χ0) is 25.4. The van der Waals surface area contributed by atoms with Crippen LogP contribution in [-0.4, -0.2) is 43.2 Å². The number of piperidine rings is 1. The first-order valence-electron chi connectivity index (χ1n) is 13.8. The second kappa shape index (κ2) is 10.2. The molecule has 2 fully saturated rings. The molecule has 0 radical (unpaired) electrons. The Morgan fingerprint density at radius 2 is 1.70 bits per heavy atom. The van der Waals surface area contributed by atoms with Gasteiger partial charge in [-0.05, 0) is 116 Å². The van der Waals surface area contributed by atoms with Gasteiger partial charge in [0, 0.05) is 11.1 Å². The van der Waals surface area contributed by atoms with Crippen molar-refractivity contribution in [2.45, 2.75) is 70.9 Å². The topological polar surface area (TPSA) is 79.7 Å². The smallest absolute Gasteiger partial charge is 0.253 e. The van der Waals surface area contributed by atoms with Crippen LogP contribution in [0.25, 0.3) is 10.9 Å². The van der Waals surface area contributed by atoms with Gasteiger partial charge < -0.3 is 4.98 Å². The van der Waals surface area contributed by atoms with Crippen LogP contribution >= 0.6 is 0 Å². The maximum Gasteiger partial charge on any atom is 0.253 e. The number of benzene rings is 2. The molecule has 3 heterocycles. The van der Waals surface area contributed by atoms with E-state index in [1.807, 2.05) is 4.68 Å². The number of H-pyrrole nitrogens is 1. The number of hydrogen-bond acceptors (Lipinski definition) is 5. The lowest BCUT2D eigenvalue weighted by atomic mass is 9.88. The maximum absolute atomic E-state index is 13.6. The van der Waals surface area contributed by atoms with Crippen LogP contribution in [0.4, 0.5) is 0 Å². The second-order valence-corrected chi connectivity index (χ2v) is 11.1. The van der Waals surface area contributed by atoms with Gasteiger partial charge >= 0.3 is 0 Å². The third-order valence-electron chi connectivity index (χ3n) is 8.60. The number of fused-ring (bicyclic) bond motifs is 1. The van der Waals surface area contributed by atoms with Crippen LogP contribution in [0.3, 0.4) is 0 Å². The molecule has 37 heavy (non-hydrogen) atoms. The third-order valence-corrected chi connectivity index (χ3v) is 8.60. The highest BCUT2D eigenvalue weighted by Gasteiger charge is 2.35. The first-order chi connectivity index (χ1) is 18.1. The highest BCUT2D eigenvalue weighted by molar-refractivity contribution is 5.81. The van der Waals surface area contributed by atoms with Gasteiger partial charge in [0.25, 0.3) is 5.56 Å². The van der Waals surface area contributed by atoms with Crippen LogP contribution in [-0.2, 0) is 6.42 Å². The number of nitrogens with zero attached hydrogens (tertiary/aromatic N) is 5. The van der Waals surface area contributed by atoms with E-state index in [0.29, 0.717) is 12.0 Å². The lowest BCUT2D eigenvalue weighted by Gasteiger charge is -2.37. The molecule has 1 aliphatic carbocycles. The Labute approximate surface area is 217 Å². The summed E-state index contributed by atoms with van der Waals surface area (Å²) in [5.41, 5.74) is 5.38. The van der Waals surface area contributed by atoms with Crippen molar-refractivity contribution >= 4 is 10.9 Å². The molecule has 1 saturated heterocycles. The Hall–Kier alpha value is -3.32. The van der Waals surface area contributed by atoms with Crippen LogP contribution in [0.2, 0.25) is 0 Å². The van der Waals surface area contributed by atoms with Gasteiger partial charge in [-0.25, -0.2) is 4.68 Å². The van der Waals surface area contributed by atoms with Crippen LogP contribution in [0.1, 0.15) is 78.7 Å². The van der Waals surface area contributed by atoms with Crippen molar-refractivity contribution in [3.8, 4) is 0 Å². The molecule has 4 aromatic rings. The van der Waals surface area contributed by atoms with E-state index < -0.39 is 0 Å². The molecule has 6 rings (SSSR count). The van der Waals surface area contributed by atoms with Crippen molar-refractivity contribution in [3.63, 3.8) is 0 Å². The summed E-state index contributed by atoms with van der Waals surface area (Å²) in [6, 6.07) is 17.2. The minimum Gasteiger partial charge on any atom is -0.322 e. The lowest BCUT2D eigenvalue weighted by molar-refractivity contribution is 0.141. The molecule has 1 saturated carbocycles. The van der Waals surface area contributed by atoms with E-state index in [9.17, 15) is 4.79 Å². The van der Waals surface area contributed by atoms with E-state index in [1.165, 1.54) is 29.5 Å². The van der Waals surface area contributed by atoms with Crippen molar-refractivity contribution in [2.75, 3.05) is 13.1 Å². The largest absolute Gasteiger partial charge is 0.322 e. The summed E-state index contributed by atoms with van der Waals surface area (Å²) in [6.07, 6.45) is 7.89. The van der Waals surface area contributed by atoms with Crippen molar-refractivity contribution in [3.05, 3.63) is 87.0 Å². The Morgan fingerprint density at radius 3 is 2.46 bits per heavy atom. The van der Waals surface area contributed by atoms with Crippen molar-refractivity contribution in [1.82, 2.24) is 30.1 Å². The molecule has 7 heteroatoms. The fourth-order valence-electron chi connectivity index (χ4n) is 6.35. The third kappa shape index (κ3) is 4.85. The highest BCUT2D eigenvalue weighted by Crippen LogP contribution is 2.36. The summed E-state index contributed by atoms with van der Waals surface area (Å²) >= 11 is 0. The van der Waals surface area contributed by atoms with E-state index in [1.54, 1.807) is 0 Å². The predicted molar refractivity (Wildman–Crippen MR) is 146 cm³/mol. The number of aromatic amines is 1. The zero-order valence-electron chi connectivity index (χ0n) is 21.9. The van der Waals surface area contributed by atoms with Crippen molar-refractivity contribution in [2.24, 2.45) is 5.92 Å². The Kier molecular flexibility index (Phi) is 6.63. The molecule has 2 aromatic carbocycles. The van der Waals surface area contributed by atoms with Crippen LogP contribution in [0, 0.1) is 19.8 Å². The Morgan fingerprint density at radius 1 is 0.973 bits per heavy atom. The quantitative estimate of drug-likeness (QED) is 0.392. The van der Waals surface area contributed by atoms with E-state index in [2.05, 4.69) is 87.8 Å². The van der Waals surface area contributed by atoms with Crippen molar-refractivity contribution in [1.29, 1.82) is 0 Å². The minimum atomic E-state index is -0.261. The van der Waals surface area contributed by atoms with Crippen LogP contribution < -0.4 is 5.56 Å². The molecular formula is C30H36N6O. The van der Waals surface area contributed by atoms with Crippen molar-refractivity contribution < 1.29 is 0 Å². The van der Waals surface area contributed by atoms with Gasteiger partial charge in [-0.2, -0.15) is 0 Å². The van der Waals surface area contributed by atoms with E-state index in [-0.39, 0.29) is 11.6 Å². The molecule has 2 aliphatic rings. The number of tetrazole rings is 1. The van der Waals surface area contributed by atoms with Gasteiger partial charge in [0.1, 0.15) is 6.04 Å². The van der Waals surface area contributed by atoms with Crippen LogP contribution in [0.5, 0.6) is 0 Å². The fraction of sp³-hybridized carbons (Fsp3) is 0.467. The molecule has 1 aliphatic heterocycles. The maximum atomic E-state index is 13.6. The Balaban J connectivity index is 1.36. The summed E-state index contributed by atoms with van der Waals surface area (Å²) < 4.78 is 2.03. The van der Waals surface area contributed by atoms with Gasteiger partial charge in [-0.3, -0.25) is 9.69 Å². The van der Waals surface area contributed by atoms with Gasteiger partial charge in [0.2, 0.25) is 0 Å². The average molecular weight is 497 g/mol. The molecular weight excluding hydrogens is 460 g/mol. The molecule has 0 spiro atoms. The first-order valence-corrected chi connectivity index (χ1v) is 13.8. The van der Waals surface area contributed by atoms with E-state index >= 15 is 0 Å². The van der Waals surface area contributed by atoms with Gasteiger partial charge in [-0.15, -0.1) is 5.10 Å². The fourth-order valence-corrected chi connectivity index (χ4v) is 6.35. The molecule has 1 N–H and O–H groups in total. The number of aryl methyl sites for hydroxylation is 2. The highest BCUT2D eigenvalue weighted by atomic mass is 16.1. The molecule has 7 nitrogen and oxygen atoms in total. The number of likely N-dealkylation sites (tertiary alicyclic amines) is 1. The predicted octanol–water partition coefficient (Wildman–Crippen LogP) is 5.29. The molecule has 2 aromatic heterocycles. The Bertz CT molecular complexity index is 1430. The first kappa shape index (κ1) is 24.0. The number of aromatic nitrogens is 5. The summed E-state index contributed by atoms with van der Waals surface area (Å²) in [5.74, 6) is 1.45.